The van der Waals surface area contributed by atoms with Crippen LogP contribution in [0, 0.1) is 11.8 Å². The molecule has 2 aliphatic heterocycles. The van der Waals surface area contributed by atoms with E-state index in [9.17, 15) is 0 Å². The van der Waals surface area contributed by atoms with Gasteiger partial charge in [0.1, 0.15) is 0 Å². The van der Waals surface area contributed by atoms with Crippen LogP contribution in [0.2, 0.25) is 14.8 Å². The van der Waals surface area contributed by atoms with E-state index < -0.39 is 18.4 Å². The Morgan fingerprint density at radius 1 is 0.893 bits per heavy atom. The van der Waals surface area contributed by atoms with Crippen LogP contribution < -0.4 is 3.58 Å². The van der Waals surface area contributed by atoms with Crippen molar-refractivity contribution in [2.24, 2.45) is 21.8 Å². The molecule has 5 heteroatoms. The van der Waals surface area contributed by atoms with Crippen molar-refractivity contribution in [3.05, 3.63) is 29.3 Å². The average Bonchev–Trinajstić information content (AvgIpc) is 3.35. The molecule has 0 amide bonds. The molecule has 28 heavy (non-hydrogen) atoms. The number of aliphatic imine (C=N–C) groups is 2. The molecule has 4 atom stereocenters. The third-order valence-corrected chi connectivity index (χ3v) is 12.0. The van der Waals surface area contributed by atoms with E-state index in [0.717, 1.165) is 24.6 Å². The van der Waals surface area contributed by atoms with Gasteiger partial charge in [-0.2, -0.15) is 0 Å². The molecule has 0 bridgehead atoms. The first-order valence-corrected chi connectivity index (χ1v) is 20.8. The van der Waals surface area contributed by atoms with Gasteiger partial charge in [-0.1, -0.05) is 0 Å². The molecule has 0 spiro atoms. The Bertz CT molecular complexity index is 712. The van der Waals surface area contributed by atoms with Crippen molar-refractivity contribution < 1.29 is 9.47 Å². The Morgan fingerprint density at radius 2 is 1.32 bits per heavy atom. The van der Waals surface area contributed by atoms with Gasteiger partial charge in [-0.3, -0.25) is 0 Å². The molecule has 0 saturated heterocycles. The Kier molecular flexibility index (Phi) is 6.78. The summed E-state index contributed by atoms with van der Waals surface area (Å²) < 4.78 is 13.6. The normalized spacial score (nSPS) is 24.2. The SMILES string of the molecule is CC[C@H](C)[C@H]1COC(c2cccc(C3=N[C@@H]([C@@H](C)CC)CO3)[c]2[Sn]([CH3])([CH3])[CH3])=N1. The van der Waals surface area contributed by atoms with Crippen LogP contribution in [0.4, 0.5) is 0 Å². The number of rotatable bonds is 7. The fourth-order valence-corrected chi connectivity index (χ4v) is 9.62. The predicted molar refractivity (Wildman–Crippen MR) is 121 cm³/mol. The van der Waals surface area contributed by atoms with Crippen LogP contribution in [-0.4, -0.2) is 55.5 Å². The van der Waals surface area contributed by atoms with E-state index in [1.165, 1.54) is 14.7 Å². The summed E-state index contributed by atoms with van der Waals surface area (Å²) in [5.41, 5.74) is 2.34. The van der Waals surface area contributed by atoms with Crippen molar-refractivity contribution in [1.29, 1.82) is 0 Å². The van der Waals surface area contributed by atoms with Gasteiger partial charge in [0.25, 0.3) is 0 Å². The van der Waals surface area contributed by atoms with Gasteiger partial charge in [-0.15, -0.1) is 0 Å². The number of ether oxygens (including phenoxy) is 2. The van der Waals surface area contributed by atoms with E-state index >= 15 is 0 Å². The van der Waals surface area contributed by atoms with Crippen LogP contribution in [0.3, 0.4) is 0 Å². The molecule has 0 radical (unpaired) electrons. The van der Waals surface area contributed by atoms with Crippen LogP contribution >= 0.6 is 0 Å². The molecule has 1 aromatic rings. The number of hydrogen-bond donors (Lipinski definition) is 0. The van der Waals surface area contributed by atoms with Gasteiger partial charge in [0.15, 0.2) is 0 Å². The van der Waals surface area contributed by atoms with Crippen LogP contribution in [0.1, 0.15) is 51.7 Å². The van der Waals surface area contributed by atoms with E-state index in [1.54, 1.807) is 0 Å². The quantitative estimate of drug-likeness (QED) is 0.523. The van der Waals surface area contributed by atoms with E-state index in [0.29, 0.717) is 25.0 Å². The second-order valence-electron chi connectivity index (χ2n) is 9.37. The van der Waals surface area contributed by atoms with Crippen molar-refractivity contribution in [3.8, 4) is 0 Å². The Labute approximate surface area is 174 Å². The van der Waals surface area contributed by atoms with Gasteiger partial charge in [0, 0.05) is 0 Å². The topological polar surface area (TPSA) is 43.2 Å². The molecule has 4 nitrogen and oxygen atoms in total. The molecular weight excluding hydrogens is 455 g/mol. The zero-order valence-electron chi connectivity index (χ0n) is 18.6. The van der Waals surface area contributed by atoms with Gasteiger partial charge in [0.05, 0.1) is 0 Å². The second kappa shape index (κ2) is 8.76. The third kappa shape index (κ3) is 4.42. The van der Waals surface area contributed by atoms with Gasteiger partial charge in [0.2, 0.25) is 0 Å². The molecule has 0 saturated carbocycles. The zero-order valence-corrected chi connectivity index (χ0v) is 21.4. The molecule has 0 aromatic heterocycles. The minimum absolute atomic E-state index is 0.265. The predicted octanol–water partition coefficient (Wildman–Crippen LogP) is 4.61. The van der Waals surface area contributed by atoms with Crippen molar-refractivity contribution in [2.45, 2.75) is 67.4 Å². The molecule has 2 heterocycles. The van der Waals surface area contributed by atoms with Crippen molar-refractivity contribution in [3.63, 3.8) is 0 Å². The molecule has 0 aliphatic carbocycles. The summed E-state index contributed by atoms with van der Waals surface area (Å²) in [7, 11) is 0. The van der Waals surface area contributed by atoms with Crippen LogP contribution in [0.5, 0.6) is 0 Å². The first kappa shape index (κ1) is 21.7. The van der Waals surface area contributed by atoms with Gasteiger partial charge in [-0.25, -0.2) is 0 Å². The summed E-state index contributed by atoms with van der Waals surface area (Å²) in [4.78, 5) is 17.3. The Morgan fingerprint density at radius 3 is 1.68 bits per heavy atom. The summed E-state index contributed by atoms with van der Waals surface area (Å²) in [5, 5.41) is 0. The second-order valence-corrected chi connectivity index (χ2v) is 23.6. The van der Waals surface area contributed by atoms with Gasteiger partial charge >= 0.3 is 175 Å². The zero-order chi connectivity index (χ0) is 20.5. The summed E-state index contributed by atoms with van der Waals surface area (Å²) >= 11 is -2.52. The van der Waals surface area contributed by atoms with Crippen molar-refractivity contribution >= 4 is 33.8 Å². The number of benzene rings is 1. The van der Waals surface area contributed by atoms with Crippen LogP contribution in [-0.2, 0) is 9.47 Å². The van der Waals surface area contributed by atoms with Crippen molar-refractivity contribution in [2.75, 3.05) is 13.2 Å². The molecule has 2 aliphatic rings. The van der Waals surface area contributed by atoms with Gasteiger partial charge in [-0.05, 0) is 0 Å². The molecule has 1 aromatic carbocycles. The van der Waals surface area contributed by atoms with Gasteiger partial charge < -0.3 is 0 Å². The number of hydrogen-bond acceptors (Lipinski definition) is 4. The fraction of sp³-hybridized carbons (Fsp3) is 0.652. The summed E-state index contributed by atoms with van der Waals surface area (Å²) in [5.74, 6) is 2.74. The van der Waals surface area contributed by atoms with E-state index in [4.69, 9.17) is 19.5 Å². The standard InChI is InChI=1S/C20H27N2O2.3CH3.Sn/c1-5-13(3)17-11-23-19(21-17)15-8-7-9-16(10-15)20-22-18(12-24-20)14(4)6-2;;;;/h7-9,13-14,17-18H,5-6,11-12H2,1-4H3;3*1H3;/t13-,14-,17+,18+;;;;/m0..../s1. The molecule has 0 fully saturated rings. The van der Waals surface area contributed by atoms with E-state index in [1.807, 2.05) is 0 Å². The molecular formula is C23H36N2O2Sn. The number of nitrogens with zero attached hydrogens (tertiary/aromatic N) is 2. The summed E-state index contributed by atoms with van der Waals surface area (Å²) in [6, 6.07) is 7.00. The van der Waals surface area contributed by atoms with Crippen molar-refractivity contribution in [1.82, 2.24) is 0 Å². The van der Waals surface area contributed by atoms with E-state index in [-0.39, 0.29) is 12.1 Å². The maximum absolute atomic E-state index is 6.11. The first-order chi connectivity index (χ1) is 13.3. The van der Waals surface area contributed by atoms with Crippen LogP contribution in [0.25, 0.3) is 0 Å². The maximum atomic E-state index is 6.11. The molecule has 154 valence electrons. The molecule has 0 N–H and O–H groups in total. The molecule has 3 rings (SSSR count). The fourth-order valence-electron chi connectivity index (χ4n) is 3.92. The Hall–Kier alpha value is -1.04. The van der Waals surface area contributed by atoms with Crippen LogP contribution in [0.15, 0.2) is 28.2 Å². The average molecular weight is 491 g/mol. The first-order valence-electron chi connectivity index (χ1n) is 10.8. The van der Waals surface area contributed by atoms with E-state index in [2.05, 4.69) is 60.7 Å². The molecule has 0 unspecified atom stereocenters. The third-order valence-electron chi connectivity index (χ3n) is 6.22. The summed E-state index contributed by atoms with van der Waals surface area (Å²) in [6.45, 7) is 10.4. The monoisotopic (exact) mass is 492 g/mol. The minimum atomic E-state index is -2.52. The summed E-state index contributed by atoms with van der Waals surface area (Å²) in [6.07, 6.45) is 2.25. The Balaban J connectivity index is 2.04.